The first-order chi connectivity index (χ1) is 8.43. The van der Waals surface area contributed by atoms with Gasteiger partial charge in [-0.3, -0.25) is 0 Å². The lowest BCUT2D eigenvalue weighted by atomic mass is 10.1. The number of rotatable bonds is 5. The van der Waals surface area contributed by atoms with Crippen molar-refractivity contribution in [1.29, 1.82) is 5.26 Å². The first-order valence-corrected chi connectivity index (χ1v) is 6.38. The predicted molar refractivity (Wildman–Crippen MR) is 73.0 cm³/mol. The van der Waals surface area contributed by atoms with E-state index in [4.69, 9.17) is 5.26 Å². The molecule has 0 bridgehead atoms. The lowest BCUT2D eigenvalue weighted by Crippen LogP contribution is -2.31. The van der Waals surface area contributed by atoms with Crippen LogP contribution in [0.25, 0.3) is 0 Å². The Morgan fingerprint density at radius 2 is 1.72 bits per heavy atom. The standard InChI is InChI=1S/C15H21FN2/c1-11(2)9-18(10-12(3)4)15-6-5-14(16)7-13(15)8-17/h5-7,11-12H,9-10H2,1-4H3. The molecule has 0 unspecified atom stereocenters. The molecule has 1 aromatic carbocycles. The second-order valence-corrected chi connectivity index (χ2v) is 5.47. The largest absolute Gasteiger partial charge is 0.370 e. The van der Waals surface area contributed by atoms with E-state index in [0.29, 0.717) is 17.4 Å². The summed E-state index contributed by atoms with van der Waals surface area (Å²) in [5.74, 6) is 0.644. The molecule has 0 aliphatic rings. The Morgan fingerprint density at radius 3 is 2.17 bits per heavy atom. The quantitative estimate of drug-likeness (QED) is 0.792. The van der Waals surface area contributed by atoms with Crippen LogP contribution in [0.3, 0.4) is 0 Å². The Labute approximate surface area is 109 Å². The van der Waals surface area contributed by atoms with Gasteiger partial charge in [0.2, 0.25) is 0 Å². The highest BCUT2D eigenvalue weighted by Crippen LogP contribution is 2.23. The smallest absolute Gasteiger partial charge is 0.124 e. The number of hydrogen-bond acceptors (Lipinski definition) is 2. The summed E-state index contributed by atoms with van der Waals surface area (Å²) in [5.41, 5.74) is 1.25. The fraction of sp³-hybridized carbons (Fsp3) is 0.533. The topological polar surface area (TPSA) is 27.0 Å². The van der Waals surface area contributed by atoms with Crippen LogP contribution in [0, 0.1) is 29.0 Å². The average Bonchev–Trinajstić information content (AvgIpc) is 2.26. The van der Waals surface area contributed by atoms with E-state index < -0.39 is 0 Å². The number of nitrogens with zero attached hydrogens (tertiary/aromatic N) is 2. The molecule has 0 fully saturated rings. The third-order valence-electron chi connectivity index (χ3n) is 2.59. The van der Waals surface area contributed by atoms with Gasteiger partial charge < -0.3 is 4.90 Å². The van der Waals surface area contributed by atoms with Gasteiger partial charge in [0.15, 0.2) is 0 Å². The lowest BCUT2D eigenvalue weighted by Gasteiger charge is -2.29. The molecule has 0 saturated heterocycles. The molecule has 2 nitrogen and oxygen atoms in total. The van der Waals surface area contributed by atoms with Crippen molar-refractivity contribution >= 4 is 5.69 Å². The molecule has 0 spiro atoms. The highest BCUT2D eigenvalue weighted by molar-refractivity contribution is 5.59. The van der Waals surface area contributed by atoms with Gasteiger partial charge in [0, 0.05) is 13.1 Å². The third-order valence-corrected chi connectivity index (χ3v) is 2.59. The number of hydrogen-bond donors (Lipinski definition) is 0. The Bertz CT molecular complexity index is 423. The maximum absolute atomic E-state index is 13.2. The Balaban J connectivity index is 3.08. The van der Waals surface area contributed by atoms with Crippen LogP contribution in [0.2, 0.25) is 0 Å². The zero-order chi connectivity index (χ0) is 13.7. The van der Waals surface area contributed by atoms with Gasteiger partial charge in [-0.05, 0) is 30.0 Å². The molecule has 98 valence electrons. The SMILES string of the molecule is CC(C)CN(CC(C)C)c1ccc(F)cc1C#N. The van der Waals surface area contributed by atoms with E-state index in [1.54, 1.807) is 6.07 Å². The summed E-state index contributed by atoms with van der Waals surface area (Å²) >= 11 is 0. The number of benzene rings is 1. The van der Waals surface area contributed by atoms with Crippen molar-refractivity contribution in [1.82, 2.24) is 0 Å². The molecular formula is C15H21FN2. The second kappa shape index (κ2) is 6.39. The summed E-state index contributed by atoms with van der Waals surface area (Å²) in [6.45, 7) is 10.3. The number of halogens is 1. The van der Waals surface area contributed by atoms with Gasteiger partial charge in [-0.25, -0.2) is 4.39 Å². The van der Waals surface area contributed by atoms with Gasteiger partial charge in [-0.15, -0.1) is 0 Å². The van der Waals surface area contributed by atoms with Gasteiger partial charge >= 0.3 is 0 Å². The van der Waals surface area contributed by atoms with Crippen LogP contribution in [0.5, 0.6) is 0 Å². The van der Waals surface area contributed by atoms with E-state index in [1.807, 2.05) is 0 Å². The fourth-order valence-electron chi connectivity index (χ4n) is 2.03. The van der Waals surface area contributed by atoms with Crippen LogP contribution in [-0.4, -0.2) is 13.1 Å². The minimum Gasteiger partial charge on any atom is -0.370 e. The van der Waals surface area contributed by atoms with Crippen molar-refractivity contribution in [2.24, 2.45) is 11.8 Å². The van der Waals surface area contributed by atoms with Crippen LogP contribution < -0.4 is 4.90 Å². The minimum absolute atomic E-state index is 0.357. The summed E-state index contributed by atoms with van der Waals surface area (Å²) in [6.07, 6.45) is 0. The molecule has 0 atom stereocenters. The summed E-state index contributed by atoms with van der Waals surface area (Å²) in [7, 11) is 0. The van der Waals surface area contributed by atoms with Crippen LogP contribution >= 0.6 is 0 Å². The van der Waals surface area contributed by atoms with Crippen molar-refractivity contribution in [3.63, 3.8) is 0 Å². The van der Waals surface area contributed by atoms with Crippen LogP contribution in [0.1, 0.15) is 33.3 Å². The molecule has 0 saturated carbocycles. The monoisotopic (exact) mass is 248 g/mol. The number of anilines is 1. The van der Waals surface area contributed by atoms with Gasteiger partial charge in [0.25, 0.3) is 0 Å². The van der Waals surface area contributed by atoms with Crippen LogP contribution in [0.4, 0.5) is 10.1 Å². The first kappa shape index (κ1) is 14.5. The Kier molecular flexibility index (Phi) is 5.15. The van der Waals surface area contributed by atoms with Gasteiger partial charge in [-0.1, -0.05) is 27.7 Å². The Hall–Kier alpha value is -1.56. The van der Waals surface area contributed by atoms with E-state index >= 15 is 0 Å². The van der Waals surface area contributed by atoms with Crippen LogP contribution in [0.15, 0.2) is 18.2 Å². The third kappa shape index (κ3) is 4.03. The average molecular weight is 248 g/mol. The van der Waals surface area contributed by atoms with E-state index in [0.717, 1.165) is 18.8 Å². The summed E-state index contributed by atoms with van der Waals surface area (Å²) < 4.78 is 13.2. The van der Waals surface area contributed by atoms with E-state index in [-0.39, 0.29) is 5.82 Å². The molecule has 1 rings (SSSR count). The molecule has 0 N–H and O–H groups in total. The second-order valence-electron chi connectivity index (χ2n) is 5.47. The lowest BCUT2D eigenvalue weighted by molar-refractivity contribution is 0.551. The Morgan fingerprint density at radius 1 is 1.17 bits per heavy atom. The van der Waals surface area contributed by atoms with E-state index in [1.165, 1.54) is 12.1 Å². The van der Waals surface area contributed by atoms with Crippen molar-refractivity contribution in [3.8, 4) is 6.07 Å². The zero-order valence-corrected chi connectivity index (χ0v) is 11.6. The summed E-state index contributed by atoms with van der Waals surface area (Å²) in [4.78, 5) is 2.17. The minimum atomic E-state index is -0.357. The van der Waals surface area contributed by atoms with Gasteiger partial charge in [0.1, 0.15) is 11.9 Å². The molecule has 0 radical (unpaired) electrons. The summed E-state index contributed by atoms with van der Waals surface area (Å²) in [6, 6.07) is 6.52. The molecule has 0 aliphatic carbocycles. The van der Waals surface area contributed by atoms with Gasteiger partial charge in [0.05, 0.1) is 11.3 Å². The van der Waals surface area contributed by atoms with Crippen molar-refractivity contribution in [3.05, 3.63) is 29.6 Å². The molecule has 0 heterocycles. The molecule has 1 aromatic rings. The fourth-order valence-corrected chi connectivity index (χ4v) is 2.03. The van der Waals surface area contributed by atoms with E-state index in [2.05, 4.69) is 38.7 Å². The maximum atomic E-state index is 13.2. The normalized spacial score (nSPS) is 10.8. The molecule has 18 heavy (non-hydrogen) atoms. The molecule has 0 aromatic heterocycles. The highest BCUT2D eigenvalue weighted by atomic mass is 19.1. The van der Waals surface area contributed by atoms with Crippen molar-refractivity contribution in [2.75, 3.05) is 18.0 Å². The molecule has 0 aliphatic heterocycles. The molecule has 0 amide bonds. The van der Waals surface area contributed by atoms with E-state index in [9.17, 15) is 4.39 Å². The van der Waals surface area contributed by atoms with Crippen LogP contribution in [-0.2, 0) is 0 Å². The van der Waals surface area contributed by atoms with Gasteiger partial charge in [-0.2, -0.15) is 5.26 Å². The molecular weight excluding hydrogens is 227 g/mol. The predicted octanol–water partition coefficient (Wildman–Crippen LogP) is 3.82. The zero-order valence-electron chi connectivity index (χ0n) is 11.6. The molecule has 3 heteroatoms. The van der Waals surface area contributed by atoms with Crippen molar-refractivity contribution < 1.29 is 4.39 Å². The first-order valence-electron chi connectivity index (χ1n) is 6.38. The number of nitriles is 1. The maximum Gasteiger partial charge on any atom is 0.124 e. The summed E-state index contributed by atoms with van der Waals surface area (Å²) in [5, 5.41) is 9.12. The highest BCUT2D eigenvalue weighted by Gasteiger charge is 2.14. The van der Waals surface area contributed by atoms with Crippen molar-refractivity contribution in [2.45, 2.75) is 27.7 Å².